The van der Waals surface area contributed by atoms with Gasteiger partial charge in [0.25, 0.3) is 0 Å². The molecule has 1 heterocycles. The second-order valence-electron chi connectivity index (χ2n) is 5.94. The first-order chi connectivity index (χ1) is 14.5. The zero-order valence-corrected chi connectivity index (χ0v) is 18.4. The van der Waals surface area contributed by atoms with Crippen molar-refractivity contribution in [3.8, 4) is 34.4 Å². The highest BCUT2D eigenvalue weighted by Crippen LogP contribution is 2.38. The predicted octanol–water partition coefficient (Wildman–Crippen LogP) is 4.13. The quantitative estimate of drug-likeness (QED) is 0.384. The Morgan fingerprint density at radius 1 is 1.00 bits per heavy atom. The van der Waals surface area contributed by atoms with Crippen molar-refractivity contribution in [1.82, 2.24) is 15.2 Å². The molecule has 1 N–H and O–H groups in total. The first kappa shape index (κ1) is 21.8. The van der Waals surface area contributed by atoms with Crippen LogP contribution in [-0.2, 0) is 0 Å². The first-order valence-electron chi connectivity index (χ1n) is 8.73. The summed E-state index contributed by atoms with van der Waals surface area (Å²) in [5.41, 5.74) is 1.12. The number of rotatable bonds is 9. The maximum atomic E-state index is 12.7. The van der Waals surface area contributed by atoms with Crippen LogP contribution in [0.15, 0.2) is 35.5 Å². The molecule has 1 aromatic heterocycles. The number of thioether (sulfide) groups is 1. The Hall–Kier alpha value is -2.91. The summed E-state index contributed by atoms with van der Waals surface area (Å²) < 4.78 is 21.2. The normalized spacial score (nSPS) is 10.6. The van der Waals surface area contributed by atoms with Crippen molar-refractivity contribution in [3.05, 3.63) is 40.9 Å². The van der Waals surface area contributed by atoms with Gasteiger partial charge in [0.15, 0.2) is 23.1 Å². The van der Waals surface area contributed by atoms with Crippen LogP contribution in [0.5, 0.6) is 23.0 Å². The number of hydrogen-bond donors (Lipinski definition) is 1. The molecule has 0 fully saturated rings. The van der Waals surface area contributed by atoms with Gasteiger partial charge in [0, 0.05) is 10.6 Å². The van der Waals surface area contributed by atoms with Gasteiger partial charge in [-0.05, 0) is 30.3 Å². The summed E-state index contributed by atoms with van der Waals surface area (Å²) in [4.78, 5) is 17.1. The van der Waals surface area contributed by atoms with E-state index in [0.717, 1.165) is 0 Å². The number of aromatic amines is 1. The Labute approximate surface area is 182 Å². The number of halogens is 1. The molecule has 158 valence electrons. The molecule has 0 aliphatic carbocycles. The molecular weight excluding hydrogens is 430 g/mol. The fourth-order valence-electron chi connectivity index (χ4n) is 2.75. The summed E-state index contributed by atoms with van der Waals surface area (Å²) >= 11 is 7.28. The Balaban J connectivity index is 1.76. The van der Waals surface area contributed by atoms with Gasteiger partial charge in [-0.25, -0.2) is 4.98 Å². The summed E-state index contributed by atoms with van der Waals surface area (Å²) in [7, 11) is 6.07. The molecule has 0 amide bonds. The van der Waals surface area contributed by atoms with E-state index in [1.54, 1.807) is 37.4 Å². The number of nitrogens with zero attached hydrogens (tertiary/aromatic N) is 2. The summed E-state index contributed by atoms with van der Waals surface area (Å²) in [6, 6.07) is 8.44. The number of aromatic nitrogens is 3. The molecule has 0 atom stereocenters. The van der Waals surface area contributed by atoms with E-state index in [0.29, 0.717) is 50.1 Å². The number of hydrogen-bond acceptors (Lipinski definition) is 8. The number of carbonyl (C=O) groups excluding carboxylic acids is 1. The van der Waals surface area contributed by atoms with Crippen LogP contribution in [0.4, 0.5) is 0 Å². The van der Waals surface area contributed by atoms with Crippen molar-refractivity contribution >= 4 is 29.1 Å². The number of methoxy groups -OCH3 is 4. The highest BCUT2D eigenvalue weighted by atomic mass is 35.5. The Kier molecular flexibility index (Phi) is 7.07. The molecule has 3 rings (SSSR count). The van der Waals surface area contributed by atoms with Crippen LogP contribution in [0.25, 0.3) is 11.4 Å². The van der Waals surface area contributed by atoms with Crippen molar-refractivity contribution in [3.63, 3.8) is 0 Å². The minimum absolute atomic E-state index is 0.128. The third kappa shape index (κ3) is 4.63. The molecule has 0 saturated heterocycles. The zero-order valence-electron chi connectivity index (χ0n) is 16.8. The van der Waals surface area contributed by atoms with E-state index in [2.05, 4.69) is 15.2 Å². The van der Waals surface area contributed by atoms with Crippen LogP contribution in [0.2, 0.25) is 5.02 Å². The Bertz CT molecular complexity index is 1030. The molecule has 0 radical (unpaired) electrons. The minimum Gasteiger partial charge on any atom is -0.496 e. The summed E-state index contributed by atoms with van der Waals surface area (Å²) in [6.07, 6.45) is 0. The van der Waals surface area contributed by atoms with E-state index >= 15 is 0 Å². The average Bonchev–Trinajstić information content (AvgIpc) is 3.25. The number of nitrogens with one attached hydrogen (secondary N) is 1. The van der Waals surface area contributed by atoms with Crippen LogP contribution in [-0.4, -0.2) is 55.2 Å². The molecule has 0 spiro atoms. The van der Waals surface area contributed by atoms with Crippen molar-refractivity contribution in [1.29, 1.82) is 0 Å². The highest BCUT2D eigenvalue weighted by molar-refractivity contribution is 7.99. The lowest BCUT2D eigenvalue weighted by atomic mass is 10.1. The maximum absolute atomic E-state index is 12.7. The van der Waals surface area contributed by atoms with Gasteiger partial charge in [-0.15, -0.1) is 5.10 Å². The Morgan fingerprint density at radius 2 is 1.67 bits per heavy atom. The van der Waals surface area contributed by atoms with Crippen LogP contribution in [0.1, 0.15) is 10.4 Å². The number of benzene rings is 2. The smallest absolute Gasteiger partial charge is 0.209 e. The maximum Gasteiger partial charge on any atom is 0.209 e. The molecule has 3 aromatic rings. The zero-order chi connectivity index (χ0) is 21.7. The minimum atomic E-state index is -0.133. The van der Waals surface area contributed by atoms with E-state index in [4.69, 9.17) is 30.5 Å². The highest BCUT2D eigenvalue weighted by Gasteiger charge is 2.18. The molecular formula is C20H20ClN3O5S. The van der Waals surface area contributed by atoms with Gasteiger partial charge >= 0.3 is 0 Å². The van der Waals surface area contributed by atoms with Crippen molar-refractivity contribution in [2.75, 3.05) is 34.2 Å². The molecule has 2 aromatic carbocycles. The lowest BCUT2D eigenvalue weighted by molar-refractivity contribution is 0.102. The predicted molar refractivity (Wildman–Crippen MR) is 115 cm³/mol. The SMILES string of the molecule is COc1ccc(Cl)cc1-c1nc(SCC(=O)c2cc(OC)c(OC)c(OC)c2)n[nH]1. The molecule has 30 heavy (non-hydrogen) atoms. The lowest BCUT2D eigenvalue weighted by Gasteiger charge is -2.13. The standard InChI is InChI=1S/C20H20ClN3O5S/c1-26-15-6-5-12(21)9-13(15)19-22-20(24-23-19)30-10-14(25)11-7-16(27-2)18(29-4)17(8-11)28-3/h5-9H,10H2,1-4H3,(H,22,23,24). The van der Waals surface area contributed by atoms with Crippen LogP contribution >= 0.6 is 23.4 Å². The molecule has 0 saturated carbocycles. The summed E-state index contributed by atoms with van der Waals surface area (Å²) in [5.74, 6) is 2.36. The van der Waals surface area contributed by atoms with E-state index in [9.17, 15) is 4.79 Å². The monoisotopic (exact) mass is 449 g/mol. The Morgan fingerprint density at radius 3 is 2.27 bits per heavy atom. The van der Waals surface area contributed by atoms with Gasteiger partial charge < -0.3 is 18.9 Å². The third-order valence-corrected chi connectivity index (χ3v) is 5.28. The summed E-state index contributed by atoms with van der Waals surface area (Å²) in [5, 5.41) is 7.99. The molecule has 0 bridgehead atoms. The van der Waals surface area contributed by atoms with Gasteiger partial charge in [0.1, 0.15) is 5.75 Å². The van der Waals surface area contributed by atoms with Gasteiger partial charge in [-0.1, -0.05) is 23.4 Å². The van der Waals surface area contributed by atoms with Crippen LogP contribution < -0.4 is 18.9 Å². The number of H-pyrrole nitrogens is 1. The van der Waals surface area contributed by atoms with Crippen LogP contribution in [0.3, 0.4) is 0 Å². The number of carbonyl (C=O) groups is 1. The van der Waals surface area contributed by atoms with Crippen molar-refractivity contribution in [2.24, 2.45) is 0 Å². The van der Waals surface area contributed by atoms with Gasteiger partial charge in [0.2, 0.25) is 10.9 Å². The number of ketones is 1. The van der Waals surface area contributed by atoms with E-state index < -0.39 is 0 Å². The molecule has 8 nitrogen and oxygen atoms in total. The fraction of sp³-hybridized carbons (Fsp3) is 0.250. The molecule has 0 unspecified atom stereocenters. The van der Waals surface area contributed by atoms with Gasteiger partial charge in [-0.2, -0.15) is 0 Å². The van der Waals surface area contributed by atoms with Gasteiger partial charge in [-0.3, -0.25) is 9.89 Å². The van der Waals surface area contributed by atoms with E-state index in [1.807, 2.05) is 0 Å². The topological polar surface area (TPSA) is 95.6 Å². The third-order valence-electron chi connectivity index (χ3n) is 4.20. The number of ether oxygens (including phenoxy) is 4. The fourth-order valence-corrected chi connectivity index (χ4v) is 3.62. The summed E-state index contributed by atoms with van der Waals surface area (Å²) in [6.45, 7) is 0. The van der Waals surface area contributed by atoms with E-state index in [-0.39, 0.29) is 11.5 Å². The number of Topliss-reactive ketones (excluding diaryl/α,β-unsaturated/α-hetero) is 1. The lowest BCUT2D eigenvalue weighted by Crippen LogP contribution is -2.05. The van der Waals surface area contributed by atoms with Gasteiger partial charge in [0.05, 0.1) is 39.8 Å². The van der Waals surface area contributed by atoms with Crippen molar-refractivity contribution < 1.29 is 23.7 Å². The second-order valence-corrected chi connectivity index (χ2v) is 7.32. The molecule has 10 heteroatoms. The average molecular weight is 450 g/mol. The first-order valence-corrected chi connectivity index (χ1v) is 10.1. The largest absolute Gasteiger partial charge is 0.496 e. The second kappa shape index (κ2) is 9.73. The molecule has 0 aliphatic heterocycles. The van der Waals surface area contributed by atoms with Crippen LogP contribution in [0, 0.1) is 0 Å². The molecule has 0 aliphatic rings. The van der Waals surface area contributed by atoms with Crippen molar-refractivity contribution in [2.45, 2.75) is 5.16 Å². The van der Waals surface area contributed by atoms with E-state index in [1.165, 1.54) is 33.1 Å².